The smallest absolute Gasteiger partial charge is 0.450 e. The molecule has 0 amide bonds. The summed E-state index contributed by atoms with van der Waals surface area (Å²) in [5, 5.41) is 8.40. The van der Waals surface area contributed by atoms with Gasteiger partial charge in [0.1, 0.15) is 11.9 Å². The number of carbonyl (C=O) groups excluding carboxylic acids is 1. The van der Waals surface area contributed by atoms with E-state index in [0.29, 0.717) is 0 Å². The van der Waals surface area contributed by atoms with Crippen molar-refractivity contribution in [2.45, 2.75) is 59.9 Å². The SMILES string of the molecule is CC(=COOC(C)(C)c1ccccc1)C(=O)OC(C)OC(=O)O.CCC. The molecule has 1 atom stereocenters. The number of rotatable bonds is 7. The molecular weight excluding hydrogens is 340 g/mol. The monoisotopic (exact) mass is 368 g/mol. The molecule has 0 radical (unpaired) electrons. The maximum atomic E-state index is 11.7. The number of ether oxygens (including phenoxy) is 2. The topological polar surface area (TPSA) is 91.3 Å². The fourth-order valence-corrected chi connectivity index (χ4v) is 1.56. The summed E-state index contributed by atoms with van der Waals surface area (Å²) in [5.74, 6) is -0.778. The van der Waals surface area contributed by atoms with Crippen LogP contribution in [-0.4, -0.2) is 23.5 Å². The Labute approximate surface area is 154 Å². The second kappa shape index (κ2) is 11.9. The Morgan fingerprint density at radius 3 is 2.19 bits per heavy atom. The summed E-state index contributed by atoms with van der Waals surface area (Å²) in [7, 11) is 0. The zero-order chi connectivity index (χ0) is 20.2. The Bertz CT molecular complexity index is 579. The molecule has 1 aromatic rings. The van der Waals surface area contributed by atoms with E-state index < -0.39 is 24.0 Å². The predicted molar refractivity (Wildman–Crippen MR) is 96.0 cm³/mol. The lowest BCUT2D eigenvalue weighted by Gasteiger charge is -2.23. The fraction of sp³-hybridized carbons (Fsp3) is 0.474. The molecule has 0 bridgehead atoms. The van der Waals surface area contributed by atoms with Crippen molar-refractivity contribution in [2.24, 2.45) is 0 Å². The molecule has 0 aromatic heterocycles. The van der Waals surface area contributed by atoms with E-state index in [2.05, 4.69) is 18.6 Å². The average molecular weight is 368 g/mol. The first-order valence-corrected chi connectivity index (χ1v) is 8.31. The van der Waals surface area contributed by atoms with Gasteiger partial charge in [0.2, 0.25) is 6.29 Å². The van der Waals surface area contributed by atoms with Gasteiger partial charge >= 0.3 is 12.1 Å². The van der Waals surface area contributed by atoms with Gasteiger partial charge in [-0.15, -0.1) is 0 Å². The Morgan fingerprint density at radius 2 is 1.69 bits per heavy atom. The van der Waals surface area contributed by atoms with Crippen molar-refractivity contribution in [3.8, 4) is 0 Å². The summed E-state index contributed by atoms with van der Waals surface area (Å²) in [6, 6.07) is 9.42. The Morgan fingerprint density at radius 1 is 1.15 bits per heavy atom. The van der Waals surface area contributed by atoms with Crippen molar-refractivity contribution >= 4 is 12.1 Å². The first-order chi connectivity index (χ1) is 12.1. The van der Waals surface area contributed by atoms with Crippen LogP contribution < -0.4 is 0 Å². The molecule has 0 fully saturated rings. The molecule has 0 aliphatic carbocycles. The van der Waals surface area contributed by atoms with Crippen LogP contribution in [0.25, 0.3) is 0 Å². The van der Waals surface area contributed by atoms with Gasteiger partial charge in [-0.1, -0.05) is 50.6 Å². The standard InChI is InChI=1S/C16H20O7.C3H8/c1-11(14(17)21-12(2)22-15(18)19)10-20-23-16(3,4)13-8-6-5-7-9-13;1-3-2/h5-10,12H,1-4H3,(H,18,19);3H2,1-2H3. The summed E-state index contributed by atoms with van der Waals surface area (Å²) in [6.07, 6.45) is -0.415. The number of hydrogen-bond acceptors (Lipinski definition) is 6. The lowest BCUT2D eigenvalue weighted by Crippen LogP contribution is -2.22. The third-order valence-corrected chi connectivity index (χ3v) is 2.81. The predicted octanol–water partition coefficient (Wildman–Crippen LogP) is 4.77. The van der Waals surface area contributed by atoms with E-state index >= 15 is 0 Å². The third-order valence-electron chi connectivity index (χ3n) is 2.81. The first kappa shape index (κ1) is 23.5. The maximum absolute atomic E-state index is 11.7. The van der Waals surface area contributed by atoms with Crippen LogP contribution in [0.2, 0.25) is 0 Å². The van der Waals surface area contributed by atoms with Gasteiger partial charge in [0.05, 0.1) is 5.57 Å². The Balaban J connectivity index is 0.00000194. The Kier molecular flexibility index (Phi) is 10.8. The molecule has 7 nitrogen and oxygen atoms in total. The molecule has 0 aliphatic rings. The molecule has 0 spiro atoms. The van der Waals surface area contributed by atoms with Crippen LogP contribution >= 0.6 is 0 Å². The van der Waals surface area contributed by atoms with Crippen LogP contribution in [0.4, 0.5) is 4.79 Å². The molecule has 0 aliphatic heterocycles. The number of esters is 1. The van der Waals surface area contributed by atoms with Gasteiger partial charge in [-0.3, -0.25) is 0 Å². The molecule has 1 unspecified atom stereocenters. The minimum absolute atomic E-state index is 0.0923. The maximum Gasteiger partial charge on any atom is 0.508 e. The van der Waals surface area contributed by atoms with Gasteiger partial charge in [-0.05, 0) is 26.3 Å². The van der Waals surface area contributed by atoms with Crippen molar-refractivity contribution in [2.75, 3.05) is 0 Å². The highest BCUT2D eigenvalue weighted by molar-refractivity contribution is 5.87. The van der Waals surface area contributed by atoms with Crippen molar-refractivity contribution in [1.29, 1.82) is 0 Å². The minimum Gasteiger partial charge on any atom is -0.450 e. The summed E-state index contributed by atoms with van der Waals surface area (Å²) >= 11 is 0. The summed E-state index contributed by atoms with van der Waals surface area (Å²) in [6.45, 7) is 10.6. The van der Waals surface area contributed by atoms with E-state index in [1.807, 2.05) is 44.2 Å². The van der Waals surface area contributed by atoms with Gasteiger partial charge < -0.3 is 19.5 Å². The molecule has 0 saturated heterocycles. The quantitative estimate of drug-likeness (QED) is 0.185. The van der Waals surface area contributed by atoms with E-state index in [0.717, 1.165) is 11.8 Å². The Hall–Kier alpha value is -2.54. The fourth-order valence-electron chi connectivity index (χ4n) is 1.56. The van der Waals surface area contributed by atoms with Crippen molar-refractivity contribution in [3.63, 3.8) is 0 Å². The molecule has 0 heterocycles. The molecule has 0 saturated carbocycles. The van der Waals surface area contributed by atoms with E-state index in [9.17, 15) is 9.59 Å². The van der Waals surface area contributed by atoms with Crippen molar-refractivity contribution < 1.29 is 33.9 Å². The highest BCUT2D eigenvalue weighted by Gasteiger charge is 2.23. The second-order valence-corrected chi connectivity index (χ2v) is 5.92. The van der Waals surface area contributed by atoms with Gasteiger partial charge in [0.25, 0.3) is 0 Å². The molecule has 1 aromatic carbocycles. The van der Waals surface area contributed by atoms with Crippen LogP contribution in [0.5, 0.6) is 0 Å². The normalized spacial score (nSPS) is 12.3. The van der Waals surface area contributed by atoms with Crippen LogP contribution in [0, 0.1) is 0 Å². The number of benzene rings is 1. The lowest BCUT2D eigenvalue weighted by atomic mass is 9.99. The highest BCUT2D eigenvalue weighted by atomic mass is 17.2. The van der Waals surface area contributed by atoms with E-state index in [-0.39, 0.29) is 5.57 Å². The minimum atomic E-state index is -1.53. The van der Waals surface area contributed by atoms with Crippen molar-refractivity contribution in [3.05, 3.63) is 47.7 Å². The molecule has 1 N–H and O–H groups in total. The summed E-state index contributed by atoms with van der Waals surface area (Å²) in [5.41, 5.74) is 0.272. The summed E-state index contributed by atoms with van der Waals surface area (Å²) in [4.78, 5) is 32.2. The molecule has 1 rings (SSSR count). The van der Waals surface area contributed by atoms with Crippen molar-refractivity contribution in [1.82, 2.24) is 0 Å². The average Bonchev–Trinajstić information content (AvgIpc) is 2.55. The van der Waals surface area contributed by atoms with E-state index in [4.69, 9.17) is 19.6 Å². The number of carboxylic acid groups (broad SMARTS) is 1. The van der Waals surface area contributed by atoms with E-state index in [1.165, 1.54) is 20.3 Å². The van der Waals surface area contributed by atoms with Crippen LogP contribution in [0.3, 0.4) is 0 Å². The largest absolute Gasteiger partial charge is 0.508 e. The van der Waals surface area contributed by atoms with E-state index in [1.54, 1.807) is 0 Å². The molecule has 146 valence electrons. The zero-order valence-electron chi connectivity index (χ0n) is 16.1. The molecular formula is C19H28O7. The zero-order valence-corrected chi connectivity index (χ0v) is 16.1. The van der Waals surface area contributed by atoms with Crippen LogP contribution in [-0.2, 0) is 29.6 Å². The first-order valence-electron chi connectivity index (χ1n) is 8.31. The van der Waals surface area contributed by atoms with Crippen LogP contribution in [0.1, 0.15) is 53.5 Å². The van der Waals surface area contributed by atoms with Crippen LogP contribution in [0.15, 0.2) is 42.2 Å². The van der Waals surface area contributed by atoms with Gasteiger partial charge in [0, 0.05) is 6.92 Å². The number of carbonyl (C=O) groups is 2. The van der Waals surface area contributed by atoms with Gasteiger partial charge in [-0.25, -0.2) is 9.59 Å². The van der Waals surface area contributed by atoms with Gasteiger partial charge in [0.15, 0.2) is 0 Å². The third kappa shape index (κ3) is 9.68. The summed E-state index contributed by atoms with van der Waals surface area (Å²) < 4.78 is 9.01. The van der Waals surface area contributed by atoms with Gasteiger partial charge in [-0.2, -0.15) is 4.89 Å². The highest BCUT2D eigenvalue weighted by Crippen LogP contribution is 2.24. The second-order valence-electron chi connectivity index (χ2n) is 5.92. The molecule has 7 heteroatoms. The molecule has 26 heavy (non-hydrogen) atoms. The number of hydrogen-bond donors (Lipinski definition) is 1. The lowest BCUT2D eigenvalue weighted by molar-refractivity contribution is -0.321.